The monoisotopic (exact) mass is 402 g/mol. The van der Waals surface area contributed by atoms with Crippen LogP contribution in [0, 0.1) is 13.8 Å². The van der Waals surface area contributed by atoms with E-state index in [1.165, 1.54) is 11.1 Å². The standard InChI is InChI=1S/C24H28N6/c1-18-17-19(2)27-24(26-18)28-23(25)30-15-13-29(14-16-30)22(20-9-5-3-6-10-20)21-11-7-4-8-12-21/h3-12,17,22H,13-16H2,1-2H3,(H2,25,26,27,28)/p+2. The molecule has 154 valence electrons. The molecule has 0 amide bonds. The van der Waals surface area contributed by atoms with Crippen LogP contribution in [0.5, 0.6) is 0 Å². The summed E-state index contributed by atoms with van der Waals surface area (Å²) in [7, 11) is 0. The molecule has 1 aliphatic rings. The van der Waals surface area contributed by atoms with Gasteiger partial charge in [-0.3, -0.25) is 10.3 Å². The number of aromatic nitrogens is 2. The molecular formula is C24H30N6+2. The molecule has 2 aromatic carbocycles. The summed E-state index contributed by atoms with van der Waals surface area (Å²) in [5.41, 5.74) is 10.9. The number of aryl methyl sites for hydroxylation is 2. The SMILES string of the molecule is Cc1cc(C)nc(NC(N)=[N+]2CC[NH+](C(c3ccccc3)c3ccccc3)CC2)n1. The van der Waals surface area contributed by atoms with Crippen LogP contribution in [0.25, 0.3) is 0 Å². The smallest absolute Gasteiger partial charge is 0.320 e. The zero-order chi connectivity index (χ0) is 20.9. The van der Waals surface area contributed by atoms with Crippen molar-refractivity contribution in [2.45, 2.75) is 19.9 Å². The number of rotatable bonds is 4. The number of nitrogens with zero attached hydrogens (tertiary/aromatic N) is 3. The molecule has 6 heteroatoms. The second kappa shape index (κ2) is 9.05. The first-order valence-corrected chi connectivity index (χ1v) is 10.5. The Labute approximate surface area is 178 Å². The van der Waals surface area contributed by atoms with Crippen molar-refractivity contribution >= 4 is 11.9 Å². The maximum Gasteiger partial charge on any atom is 0.351 e. The van der Waals surface area contributed by atoms with Crippen molar-refractivity contribution in [2.75, 3.05) is 31.5 Å². The number of nitrogens with two attached hydrogens (primary N) is 1. The first kappa shape index (κ1) is 20.0. The van der Waals surface area contributed by atoms with E-state index in [2.05, 4.69) is 80.5 Å². The number of hydrogen-bond donors (Lipinski definition) is 3. The Hall–Kier alpha value is -3.25. The van der Waals surface area contributed by atoms with Gasteiger partial charge in [0.15, 0.2) is 0 Å². The molecule has 6 nitrogen and oxygen atoms in total. The molecule has 1 saturated heterocycles. The molecule has 1 fully saturated rings. The van der Waals surface area contributed by atoms with Gasteiger partial charge in [0.05, 0.1) is 0 Å². The highest BCUT2D eigenvalue weighted by atomic mass is 15.3. The van der Waals surface area contributed by atoms with Crippen molar-refractivity contribution in [3.8, 4) is 0 Å². The molecular weight excluding hydrogens is 372 g/mol. The minimum Gasteiger partial charge on any atom is -0.320 e. The van der Waals surface area contributed by atoms with Crippen LogP contribution in [0.3, 0.4) is 0 Å². The van der Waals surface area contributed by atoms with Gasteiger partial charge in [-0.05, 0) is 19.9 Å². The van der Waals surface area contributed by atoms with Gasteiger partial charge < -0.3 is 4.90 Å². The number of guanidine groups is 1. The van der Waals surface area contributed by atoms with E-state index >= 15 is 0 Å². The van der Waals surface area contributed by atoms with Crippen molar-refractivity contribution in [1.82, 2.24) is 9.97 Å². The van der Waals surface area contributed by atoms with Gasteiger partial charge in [-0.2, -0.15) is 0 Å². The molecule has 0 bridgehead atoms. The van der Waals surface area contributed by atoms with Crippen LogP contribution in [-0.4, -0.2) is 46.7 Å². The van der Waals surface area contributed by atoms with Gasteiger partial charge in [-0.25, -0.2) is 15.3 Å². The molecule has 1 aromatic heterocycles. The summed E-state index contributed by atoms with van der Waals surface area (Å²) in [4.78, 5) is 10.4. The molecule has 0 spiro atoms. The first-order valence-electron chi connectivity index (χ1n) is 10.5. The molecule has 0 aliphatic carbocycles. The molecule has 0 radical (unpaired) electrons. The molecule has 2 heterocycles. The number of piperazine rings is 1. The van der Waals surface area contributed by atoms with E-state index in [1.54, 1.807) is 4.90 Å². The Bertz CT molecular complexity index is 947. The molecule has 3 aromatic rings. The van der Waals surface area contributed by atoms with Crippen molar-refractivity contribution in [3.63, 3.8) is 0 Å². The van der Waals surface area contributed by atoms with Gasteiger partial charge in [0.25, 0.3) is 5.95 Å². The molecule has 30 heavy (non-hydrogen) atoms. The van der Waals surface area contributed by atoms with Gasteiger partial charge >= 0.3 is 5.96 Å². The van der Waals surface area contributed by atoms with Crippen LogP contribution in [-0.2, 0) is 0 Å². The zero-order valence-corrected chi connectivity index (χ0v) is 17.7. The van der Waals surface area contributed by atoms with Crippen LogP contribution >= 0.6 is 0 Å². The second-order valence-electron chi connectivity index (χ2n) is 7.88. The fourth-order valence-electron chi connectivity index (χ4n) is 4.25. The van der Waals surface area contributed by atoms with E-state index in [-0.39, 0.29) is 0 Å². The van der Waals surface area contributed by atoms with Gasteiger partial charge in [-0.1, -0.05) is 60.7 Å². The van der Waals surface area contributed by atoms with Crippen LogP contribution in [0.2, 0.25) is 0 Å². The Balaban J connectivity index is 1.51. The van der Waals surface area contributed by atoms with Gasteiger partial charge in [0.2, 0.25) is 0 Å². The molecule has 0 atom stereocenters. The largest absolute Gasteiger partial charge is 0.351 e. The summed E-state index contributed by atoms with van der Waals surface area (Å²) >= 11 is 0. The van der Waals surface area contributed by atoms with E-state index in [4.69, 9.17) is 5.73 Å². The molecule has 1 aliphatic heterocycles. The minimum atomic E-state index is 0.325. The molecule has 4 rings (SSSR count). The third-order valence-corrected chi connectivity index (χ3v) is 5.64. The lowest BCUT2D eigenvalue weighted by Crippen LogP contribution is -3.15. The Morgan fingerprint density at radius 2 is 1.40 bits per heavy atom. The fourth-order valence-corrected chi connectivity index (χ4v) is 4.25. The third-order valence-electron chi connectivity index (χ3n) is 5.64. The Morgan fingerprint density at radius 1 is 0.900 bits per heavy atom. The average molecular weight is 403 g/mol. The van der Waals surface area contributed by atoms with Crippen molar-refractivity contribution < 1.29 is 9.48 Å². The van der Waals surface area contributed by atoms with Gasteiger partial charge in [0, 0.05) is 22.5 Å². The van der Waals surface area contributed by atoms with Crippen molar-refractivity contribution in [1.29, 1.82) is 0 Å². The van der Waals surface area contributed by atoms with Crippen molar-refractivity contribution in [3.05, 3.63) is 89.2 Å². The molecule has 0 unspecified atom stereocenters. The molecule has 4 N–H and O–H groups in total. The summed E-state index contributed by atoms with van der Waals surface area (Å²) in [6, 6.07) is 23.9. The van der Waals surface area contributed by atoms with Crippen LogP contribution in [0.4, 0.5) is 5.95 Å². The van der Waals surface area contributed by atoms with E-state index in [9.17, 15) is 0 Å². The van der Waals surface area contributed by atoms with Crippen LogP contribution in [0.15, 0.2) is 66.7 Å². The Kier molecular flexibility index (Phi) is 6.05. The van der Waals surface area contributed by atoms with Gasteiger partial charge in [-0.15, -0.1) is 0 Å². The Morgan fingerprint density at radius 3 is 1.90 bits per heavy atom. The minimum absolute atomic E-state index is 0.325. The summed E-state index contributed by atoms with van der Waals surface area (Å²) < 4.78 is 2.19. The van der Waals surface area contributed by atoms with Crippen LogP contribution in [0.1, 0.15) is 28.6 Å². The number of hydrogen-bond acceptors (Lipinski definition) is 2. The maximum atomic E-state index is 6.37. The average Bonchev–Trinajstić information content (AvgIpc) is 2.75. The highest BCUT2D eigenvalue weighted by Gasteiger charge is 2.30. The number of anilines is 1. The van der Waals surface area contributed by atoms with Crippen LogP contribution < -0.4 is 16.0 Å². The maximum absolute atomic E-state index is 6.37. The lowest BCUT2D eigenvalue weighted by atomic mass is 9.96. The summed E-state index contributed by atoms with van der Waals surface area (Å²) in [5.74, 6) is 1.18. The highest BCUT2D eigenvalue weighted by Crippen LogP contribution is 2.19. The summed E-state index contributed by atoms with van der Waals surface area (Å²) in [6.07, 6.45) is 0. The lowest BCUT2D eigenvalue weighted by Gasteiger charge is -2.33. The lowest BCUT2D eigenvalue weighted by molar-refractivity contribution is -0.954. The van der Waals surface area contributed by atoms with E-state index in [0.717, 1.165) is 37.6 Å². The molecule has 0 saturated carbocycles. The zero-order valence-electron chi connectivity index (χ0n) is 17.7. The van der Waals surface area contributed by atoms with E-state index in [1.807, 2.05) is 19.9 Å². The highest BCUT2D eigenvalue weighted by molar-refractivity contribution is 5.86. The van der Waals surface area contributed by atoms with E-state index < -0.39 is 0 Å². The second-order valence-corrected chi connectivity index (χ2v) is 7.88. The van der Waals surface area contributed by atoms with Crippen molar-refractivity contribution in [2.24, 2.45) is 5.73 Å². The fraction of sp³-hybridized carbons (Fsp3) is 0.292. The number of benzene rings is 2. The predicted molar refractivity (Wildman–Crippen MR) is 120 cm³/mol. The third kappa shape index (κ3) is 4.66. The topological polar surface area (TPSA) is 71.3 Å². The number of quaternary nitrogens is 1. The first-order chi connectivity index (χ1) is 14.6. The summed E-state index contributed by atoms with van der Waals surface area (Å²) in [5, 5.41) is 3.19. The quantitative estimate of drug-likeness (QED) is 0.457. The van der Waals surface area contributed by atoms with E-state index in [0.29, 0.717) is 17.9 Å². The normalized spacial score (nSPS) is 16.5. The van der Waals surface area contributed by atoms with Gasteiger partial charge in [0.1, 0.15) is 32.2 Å². The number of nitrogens with one attached hydrogen (secondary N) is 2. The predicted octanol–water partition coefficient (Wildman–Crippen LogP) is 1.52. The summed E-state index contributed by atoms with van der Waals surface area (Å²) in [6.45, 7) is 7.70.